The first-order chi connectivity index (χ1) is 24.8. The minimum atomic E-state index is -1.36. The standard InChI is InChI=1S/C43H78O9/c1-6-7-8-9-10-11-12-13-14-15-16-17-18-20-33(45)29-37(47)50-28-24-32(30-44)21-22-36-42(4)26-19-25-41(2,3)35(42)23-27-43(36,5)52-40-39(49)38(48)34(46)31-51-40/h24,33-36,38-40,44-46,48-49H,6-23,25-31H2,1-5H3. The van der Waals surface area contributed by atoms with E-state index in [0.29, 0.717) is 18.8 Å². The molecule has 9 atom stereocenters. The van der Waals surface area contributed by atoms with Crippen molar-refractivity contribution in [2.45, 2.75) is 212 Å². The van der Waals surface area contributed by atoms with Gasteiger partial charge in [-0.2, -0.15) is 0 Å². The van der Waals surface area contributed by atoms with Crippen LogP contribution in [0.3, 0.4) is 0 Å². The molecule has 52 heavy (non-hydrogen) atoms. The van der Waals surface area contributed by atoms with Crippen LogP contribution in [0.15, 0.2) is 11.6 Å². The highest BCUT2D eigenvalue weighted by atomic mass is 16.7. The molecule has 3 fully saturated rings. The minimum absolute atomic E-state index is 0.0192. The van der Waals surface area contributed by atoms with Gasteiger partial charge in [-0.3, -0.25) is 4.79 Å². The van der Waals surface area contributed by atoms with E-state index >= 15 is 0 Å². The Kier molecular flexibility index (Phi) is 19.6. The van der Waals surface area contributed by atoms with Crippen molar-refractivity contribution in [1.29, 1.82) is 0 Å². The SMILES string of the molecule is CCCCCCCCCCCCCCCC(O)CC(=O)OCC=C(CO)CCC1C(C)(OC2OCC(O)C(O)C2O)CCC2C(C)(C)CCCC21C. The topological polar surface area (TPSA) is 146 Å². The van der Waals surface area contributed by atoms with Crippen LogP contribution >= 0.6 is 0 Å². The van der Waals surface area contributed by atoms with Crippen LogP contribution in [-0.2, 0) is 19.0 Å². The Balaban J connectivity index is 1.44. The Morgan fingerprint density at radius 2 is 1.48 bits per heavy atom. The van der Waals surface area contributed by atoms with Crippen molar-refractivity contribution in [1.82, 2.24) is 0 Å². The summed E-state index contributed by atoms with van der Waals surface area (Å²) in [5.41, 5.74) is 0.247. The maximum absolute atomic E-state index is 12.5. The summed E-state index contributed by atoms with van der Waals surface area (Å²) in [7, 11) is 0. The molecular formula is C43H78O9. The molecule has 0 aromatic heterocycles. The van der Waals surface area contributed by atoms with E-state index in [-0.39, 0.29) is 43.0 Å². The third-order valence-corrected chi connectivity index (χ3v) is 13.2. The van der Waals surface area contributed by atoms with E-state index in [9.17, 15) is 30.3 Å². The number of rotatable bonds is 24. The highest BCUT2D eigenvalue weighted by Crippen LogP contribution is 2.64. The molecule has 0 spiro atoms. The zero-order chi connectivity index (χ0) is 38.2. The third kappa shape index (κ3) is 13.6. The molecule has 2 aliphatic carbocycles. The maximum atomic E-state index is 12.5. The molecule has 9 unspecified atom stereocenters. The van der Waals surface area contributed by atoms with Gasteiger partial charge >= 0.3 is 5.97 Å². The fourth-order valence-corrected chi connectivity index (χ4v) is 10.1. The van der Waals surface area contributed by atoms with Gasteiger partial charge in [0.2, 0.25) is 0 Å². The van der Waals surface area contributed by atoms with Crippen LogP contribution in [0.25, 0.3) is 0 Å². The molecule has 1 aliphatic heterocycles. The van der Waals surface area contributed by atoms with Crippen molar-refractivity contribution in [2.24, 2.45) is 22.7 Å². The van der Waals surface area contributed by atoms with Gasteiger partial charge in [0.05, 0.1) is 31.3 Å². The number of aliphatic hydroxyl groups is 5. The van der Waals surface area contributed by atoms with Gasteiger partial charge < -0.3 is 39.7 Å². The molecule has 3 rings (SSSR count). The summed E-state index contributed by atoms with van der Waals surface area (Å²) in [4.78, 5) is 12.5. The second-order valence-electron chi connectivity index (χ2n) is 17.8. The summed E-state index contributed by atoms with van der Waals surface area (Å²) >= 11 is 0. The first-order valence-electron chi connectivity index (χ1n) is 21.2. The van der Waals surface area contributed by atoms with Gasteiger partial charge in [-0.15, -0.1) is 0 Å². The van der Waals surface area contributed by atoms with E-state index in [1.807, 2.05) is 0 Å². The Hall–Kier alpha value is -1.07. The second-order valence-corrected chi connectivity index (χ2v) is 17.8. The van der Waals surface area contributed by atoms with Gasteiger partial charge in [0, 0.05) is 0 Å². The van der Waals surface area contributed by atoms with Gasteiger partial charge in [-0.1, -0.05) is 118 Å². The zero-order valence-corrected chi connectivity index (χ0v) is 33.7. The summed E-state index contributed by atoms with van der Waals surface area (Å²) in [6.45, 7) is 11.2. The number of ether oxygens (including phenoxy) is 3. The van der Waals surface area contributed by atoms with Crippen molar-refractivity contribution < 1.29 is 44.5 Å². The van der Waals surface area contributed by atoms with Gasteiger partial charge in [0.1, 0.15) is 24.9 Å². The number of aliphatic hydroxyl groups excluding tert-OH is 5. The fourth-order valence-electron chi connectivity index (χ4n) is 10.1. The van der Waals surface area contributed by atoms with Gasteiger partial charge in [-0.25, -0.2) is 0 Å². The van der Waals surface area contributed by atoms with E-state index in [1.54, 1.807) is 6.08 Å². The number of fused-ring (bicyclic) bond motifs is 1. The Morgan fingerprint density at radius 3 is 2.10 bits per heavy atom. The average Bonchev–Trinajstić information content (AvgIpc) is 3.09. The lowest BCUT2D eigenvalue weighted by atomic mass is 9.45. The van der Waals surface area contributed by atoms with E-state index < -0.39 is 42.3 Å². The Bertz CT molecular complexity index is 1050. The smallest absolute Gasteiger partial charge is 0.308 e. The largest absolute Gasteiger partial charge is 0.461 e. The predicted molar refractivity (Wildman–Crippen MR) is 206 cm³/mol. The highest BCUT2D eigenvalue weighted by Gasteiger charge is 2.59. The van der Waals surface area contributed by atoms with Crippen molar-refractivity contribution in [3.05, 3.63) is 11.6 Å². The third-order valence-electron chi connectivity index (χ3n) is 13.2. The second kappa shape index (κ2) is 22.5. The fraction of sp³-hybridized carbons (Fsp3) is 0.930. The molecule has 3 aliphatic rings. The first kappa shape index (κ1) is 45.3. The number of hydrogen-bond donors (Lipinski definition) is 5. The monoisotopic (exact) mass is 739 g/mol. The molecule has 9 heteroatoms. The van der Waals surface area contributed by atoms with Gasteiger partial charge in [0.15, 0.2) is 6.29 Å². The quantitative estimate of drug-likeness (QED) is 0.0289. The van der Waals surface area contributed by atoms with Crippen LogP contribution in [0.4, 0.5) is 0 Å². The Labute approximate surface area is 316 Å². The van der Waals surface area contributed by atoms with Crippen LogP contribution in [0.5, 0.6) is 0 Å². The average molecular weight is 739 g/mol. The lowest BCUT2D eigenvalue weighted by Gasteiger charge is -2.63. The van der Waals surface area contributed by atoms with E-state index in [1.165, 1.54) is 77.0 Å². The van der Waals surface area contributed by atoms with Crippen LogP contribution in [0.2, 0.25) is 0 Å². The lowest BCUT2D eigenvalue weighted by molar-refractivity contribution is -0.323. The predicted octanol–water partition coefficient (Wildman–Crippen LogP) is 7.92. The number of unbranched alkanes of at least 4 members (excludes halogenated alkanes) is 12. The first-order valence-corrected chi connectivity index (χ1v) is 21.2. The molecule has 5 N–H and O–H groups in total. The number of hydrogen-bond acceptors (Lipinski definition) is 9. The molecule has 0 aromatic rings. The van der Waals surface area contributed by atoms with Crippen LogP contribution in [-0.4, -0.2) is 87.6 Å². The molecule has 304 valence electrons. The zero-order valence-electron chi connectivity index (χ0n) is 33.7. The van der Waals surface area contributed by atoms with E-state index in [4.69, 9.17) is 14.2 Å². The summed E-state index contributed by atoms with van der Waals surface area (Å²) in [6, 6.07) is 0. The molecule has 2 saturated carbocycles. The van der Waals surface area contributed by atoms with Crippen LogP contribution in [0.1, 0.15) is 176 Å². The molecule has 1 saturated heterocycles. The molecule has 1 heterocycles. The van der Waals surface area contributed by atoms with Gasteiger partial charge in [0.25, 0.3) is 0 Å². The summed E-state index contributed by atoms with van der Waals surface area (Å²) in [5, 5.41) is 51.8. The number of carbonyl (C=O) groups is 1. The van der Waals surface area contributed by atoms with Gasteiger partial charge in [-0.05, 0) is 86.2 Å². The number of carbonyl (C=O) groups excluding carboxylic acids is 1. The minimum Gasteiger partial charge on any atom is -0.461 e. The van der Waals surface area contributed by atoms with Crippen molar-refractivity contribution in [3.8, 4) is 0 Å². The molecule has 0 amide bonds. The molecular weight excluding hydrogens is 660 g/mol. The van der Waals surface area contributed by atoms with E-state index in [2.05, 4.69) is 34.6 Å². The van der Waals surface area contributed by atoms with Crippen LogP contribution in [0, 0.1) is 22.7 Å². The molecule has 0 radical (unpaired) electrons. The Morgan fingerprint density at radius 1 is 0.865 bits per heavy atom. The highest BCUT2D eigenvalue weighted by molar-refractivity contribution is 5.70. The maximum Gasteiger partial charge on any atom is 0.308 e. The van der Waals surface area contributed by atoms with Crippen LogP contribution < -0.4 is 0 Å². The molecule has 0 aromatic carbocycles. The normalized spacial score (nSPS) is 32.7. The van der Waals surface area contributed by atoms with E-state index in [0.717, 1.165) is 50.5 Å². The van der Waals surface area contributed by atoms with Crippen molar-refractivity contribution >= 4 is 5.97 Å². The summed E-state index contributed by atoms with van der Waals surface area (Å²) < 4.78 is 17.8. The molecule has 9 nitrogen and oxygen atoms in total. The summed E-state index contributed by atoms with van der Waals surface area (Å²) in [5.74, 6) is 0.117. The number of esters is 1. The molecule has 0 bridgehead atoms. The summed E-state index contributed by atoms with van der Waals surface area (Å²) in [6.07, 6.45) is 19.7. The van der Waals surface area contributed by atoms with Crippen molar-refractivity contribution in [3.63, 3.8) is 0 Å². The lowest BCUT2D eigenvalue weighted by Crippen LogP contribution is -2.62. The van der Waals surface area contributed by atoms with Crippen molar-refractivity contribution in [2.75, 3.05) is 19.8 Å².